The van der Waals surface area contributed by atoms with Crippen molar-refractivity contribution < 1.29 is 14.8 Å². The van der Waals surface area contributed by atoms with Gasteiger partial charge in [-0.25, -0.2) is 0 Å². The van der Waals surface area contributed by atoms with E-state index in [1.165, 1.54) is 6.07 Å². The van der Waals surface area contributed by atoms with E-state index in [2.05, 4.69) is 5.32 Å². The Kier molecular flexibility index (Phi) is 3.72. The van der Waals surface area contributed by atoms with E-state index in [9.17, 15) is 4.79 Å². The molecule has 0 radical (unpaired) electrons. The van der Waals surface area contributed by atoms with Gasteiger partial charge in [-0.2, -0.15) is 0 Å². The molecule has 0 heterocycles. The third-order valence-corrected chi connectivity index (χ3v) is 2.12. The summed E-state index contributed by atoms with van der Waals surface area (Å²) >= 11 is 0. The van der Waals surface area contributed by atoms with Crippen molar-refractivity contribution in [1.29, 1.82) is 0 Å². The van der Waals surface area contributed by atoms with Crippen LogP contribution in [0.2, 0.25) is 0 Å². The highest BCUT2D eigenvalue weighted by atomic mass is 16.4. The Bertz CT molecular complexity index is 385. The molecule has 0 aliphatic heterocycles. The van der Waals surface area contributed by atoms with Gasteiger partial charge in [-0.15, -0.1) is 0 Å². The molecular weight excluding hydrogens is 205 g/mol. The summed E-state index contributed by atoms with van der Waals surface area (Å²) in [6.07, 6.45) is 0. The van der Waals surface area contributed by atoms with Crippen molar-refractivity contribution in [2.24, 2.45) is 5.41 Å². The van der Waals surface area contributed by atoms with Gasteiger partial charge in [0, 0.05) is 11.1 Å². The molecule has 0 saturated heterocycles. The van der Waals surface area contributed by atoms with Crippen LogP contribution in [0.25, 0.3) is 0 Å². The lowest BCUT2D eigenvalue weighted by Gasteiger charge is -2.17. The van der Waals surface area contributed by atoms with Crippen LogP contribution in [0.4, 0.5) is 5.69 Å². The molecule has 0 spiro atoms. The van der Waals surface area contributed by atoms with Crippen LogP contribution in [-0.2, 0) is 4.79 Å². The fourth-order valence-corrected chi connectivity index (χ4v) is 1.10. The van der Waals surface area contributed by atoms with Gasteiger partial charge < -0.3 is 15.4 Å². The Morgan fingerprint density at radius 1 is 1.31 bits per heavy atom. The van der Waals surface area contributed by atoms with Gasteiger partial charge in [0.2, 0.25) is 5.91 Å². The standard InChI is InChI=1S/C11H16BNO3/c1-11(2,3)10(14)13-9-6-4-5-8(7-9)12(15)16/h4-7,15-16H,1-3H3,(H,13,14). The van der Waals surface area contributed by atoms with Crippen molar-refractivity contribution in [3.8, 4) is 0 Å². The van der Waals surface area contributed by atoms with Crippen LogP contribution in [0, 0.1) is 5.41 Å². The molecule has 3 N–H and O–H groups in total. The summed E-state index contributed by atoms with van der Waals surface area (Å²) in [5, 5.41) is 20.7. The summed E-state index contributed by atoms with van der Waals surface area (Å²) < 4.78 is 0. The van der Waals surface area contributed by atoms with Crippen LogP contribution >= 0.6 is 0 Å². The van der Waals surface area contributed by atoms with E-state index < -0.39 is 12.5 Å². The number of carbonyl (C=O) groups excluding carboxylic acids is 1. The van der Waals surface area contributed by atoms with Crippen LogP contribution in [0.1, 0.15) is 20.8 Å². The lowest BCUT2D eigenvalue weighted by Crippen LogP contribution is -2.31. The first kappa shape index (κ1) is 12.7. The minimum Gasteiger partial charge on any atom is -0.423 e. The van der Waals surface area contributed by atoms with Crippen LogP contribution in [-0.4, -0.2) is 23.1 Å². The van der Waals surface area contributed by atoms with E-state index in [4.69, 9.17) is 10.0 Å². The molecule has 5 heteroatoms. The number of carbonyl (C=O) groups is 1. The molecule has 4 nitrogen and oxygen atoms in total. The van der Waals surface area contributed by atoms with Gasteiger partial charge in [0.1, 0.15) is 0 Å². The van der Waals surface area contributed by atoms with E-state index in [-0.39, 0.29) is 5.91 Å². The zero-order valence-electron chi connectivity index (χ0n) is 9.69. The first-order valence-electron chi connectivity index (χ1n) is 5.08. The average molecular weight is 221 g/mol. The predicted molar refractivity (Wildman–Crippen MR) is 64.4 cm³/mol. The highest BCUT2D eigenvalue weighted by molar-refractivity contribution is 6.58. The minimum absolute atomic E-state index is 0.114. The Balaban J connectivity index is 2.83. The number of benzene rings is 1. The van der Waals surface area contributed by atoms with Crippen LogP contribution < -0.4 is 10.8 Å². The molecule has 0 unspecified atom stereocenters. The Morgan fingerprint density at radius 3 is 2.44 bits per heavy atom. The summed E-state index contributed by atoms with van der Waals surface area (Å²) in [5.41, 5.74) is 0.436. The van der Waals surface area contributed by atoms with Crippen molar-refractivity contribution >= 4 is 24.2 Å². The summed E-state index contributed by atoms with van der Waals surface area (Å²) in [7, 11) is -1.52. The van der Waals surface area contributed by atoms with Crippen molar-refractivity contribution in [1.82, 2.24) is 0 Å². The van der Waals surface area contributed by atoms with Crippen molar-refractivity contribution in [2.45, 2.75) is 20.8 Å². The van der Waals surface area contributed by atoms with Gasteiger partial charge >= 0.3 is 7.12 Å². The van der Waals surface area contributed by atoms with Crippen LogP contribution in [0.3, 0.4) is 0 Å². The van der Waals surface area contributed by atoms with Gasteiger partial charge in [-0.1, -0.05) is 32.9 Å². The van der Waals surface area contributed by atoms with E-state index in [1.54, 1.807) is 18.2 Å². The van der Waals surface area contributed by atoms with E-state index in [0.29, 0.717) is 11.2 Å². The van der Waals surface area contributed by atoms with Crippen molar-refractivity contribution in [3.05, 3.63) is 24.3 Å². The normalized spacial score (nSPS) is 11.1. The molecule has 0 aliphatic rings. The molecule has 1 amide bonds. The Hall–Kier alpha value is -1.33. The molecule has 86 valence electrons. The topological polar surface area (TPSA) is 69.6 Å². The molecule has 1 aromatic carbocycles. The maximum atomic E-state index is 11.7. The second kappa shape index (κ2) is 4.68. The first-order chi connectivity index (χ1) is 7.30. The second-order valence-electron chi connectivity index (χ2n) is 4.70. The first-order valence-corrected chi connectivity index (χ1v) is 5.08. The quantitative estimate of drug-likeness (QED) is 0.631. The van der Waals surface area contributed by atoms with Crippen LogP contribution in [0.5, 0.6) is 0 Å². The summed E-state index contributed by atoms with van der Waals surface area (Å²) in [6.45, 7) is 5.44. The number of nitrogens with one attached hydrogen (secondary N) is 1. The highest BCUT2D eigenvalue weighted by Crippen LogP contribution is 2.16. The maximum absolute atomic E-state index is 11.7. The Labute approximate surface area is 95.4 Å². The van der Waals surface area contributed by atoms with Crippen molar-refractivity contribution in [2.75, 3.05) is 5.32 Å². The van der Waals surface area contributed by atoms with E-state index >= 15 is 0 Å². The molecule has 0 aromatic heterocycles. The van der Waals surface area contributed by atoms with Gasteiger partial charge in [0.05, 0.1) is 0 Å². The predicted octanol–water partition coefficient (Wildman–Crippen LogP) is 0.351. The smallest absolute Gasteiger partial charge is 0.423 e. The van der Waals surface area contributed by atoms with Gasteiger partial charge in [-0.05, 0) is 17.6 Å². The van der Waals surface area contributed by atoms with Crippen LogP contribution in [0.15, 0.2) is 24.3 Å². The van der Waals surface area contributed by atoms with Gasteiger partial charge in [0.15, 0.2) is 0 Å². The lowest BCUT2D eigenvalue weighted by atomic mass is 9.80. The highest BCUT2D eigenvalue weighted by Gasteiger charge is 2.21. The van der Waals surface area contributed by atoms with E-state index in [0.717, 1.165) is 0 Å². The third kappa shape index (κ3) is 3.36. The minimum atomic E-state index is -1.52. The molecule has 0 saturated carbocycles. The zero-order chi connectivity index (χ0) is 12.3. The fraction of sp³-hybridized carbons (Fsp3) is 0.364. The largest absolute Gasteiger partial charge is 0.488 e. The number of hydrogen-bond acceptors (Lipinski definition) is 3. The molecule has 0 aliphatic carbocycles. The summed E-state index contributed by atoms with van der Waals surface area (Å²) in [5.74, 6) is -0.114. The number of anilines is 1. The molecule has 0 fully saturated rings. The molecular formula is C11H16BNO3. The third-order valence-electron chi connectivity index (χ3n) is 2.12. The van der Waals surface area contributed by atoms with Crippen molar-refractivity contribution in [3.63, 3.8) is 0 Å². The SMILES string of the molecule is CC(C)(C)C(=O)Nc1cccc(B(O)O)c1. The molecule has 1 rings (SSSR count). The summed E-state index contributed by atoms with van der Waals surface area (Å²) in [6, 6.07) is 6.48. The molecule has 16 heavy (non-hydrogen) atoms. The number of hydrogen-bond donors (Lipinski definition) is 3. The zero-order valence-corrected chi connectivity index (χ0v) is 9.69. The second-order valence-corrected chi connectivity index (χ2v) is 4.70. The van der Waals surface area contributed by atoms with Gasteiger partial charge in [-0.3, -0.25) is 4.79 Å². The molecule has 1 aromatic rings. The average Bonchev–Trinajstić information content (AvgIpc) is 2.16. The van der Waals surface area contributed by atoms with Gasteiger partial charge in [0.25, 0.3) is 0 Å². The molecule has 0 bridgehead atoms. The lowest BCUT2D eigenvalue weighted by molar-refractivity contribution is -0.123. The monoisotopic (exact) mass is 221 g/mol. The number of amides is 1. The Morgan fingerprint density at radius 2 is 1.94 bits per heavy atom. The summed E-state index contributed by atoms with van der Waals surface area (Å²) in [4.78, 5) is 11.7. The number of rotatable bonds is 2. The fourth-order valence-electron chi connectivity index (χ4n) is 1.10. The maximum Gasteiger partial charge on any atom is 0.488 e. The molecule has 0 atom stereocenters. The van der Waals surface area contributed by atoms with E-state index in [1.807, 2.05) is 20.8 Å².